The minimum atomic E-state index is -1.55. The van der Waals surface area contributed by atoms with E-state index in [1.54, 1.807) is 7.05 Å². The van der Waals surface area contributed by atoms with Crippen molar-refractivity contribution < 1.29 is 9.53 Å². The highest BCUT2D eigenvalue weighted by atomic mass is 35.6. The molecule has 0 unspecified atom stereocenters. The maximum absolute atomic E-state index is 11.3. The van der Waals surface area contributed by atoms with Crippen molar-refractivity contribution in [3.8, 4) is 0 Å². The predicted octanol–water partition coefficient (Wildman–Crippen LogP) is 3.47. The van der Waals surface area contributed by atoms with Gasteiger partial charge < -0.3 is 9.64 Å². The number of hydrogen-bond acceptors (Lipinski definition) is 2. The third-order valence-corrected chi connectivity index (χ3v) is 2.04. The van der Waals surface area contributed by atoms with Gasteiger partial charge in [0.1, 0.15) is 6.61 Å². The van der Waals surface area contributed by atoms with E-state index in [-0.39, 0.29) is 6.61 Å². The van der Waals surface area contributed by atoms with Crippen molar-refractivity contribution >= 4 is 40.9 Å². The Morgan fingerprint density at radius 2 is 1.93 bits per heavy atom. The van der Waals surface area contributed by atoms with Crippen LogP contribution in [0.4, 0.5) is 4.79 Å². The van der Waals surface area contributed by atoms with Crippen LogP contribution in [0.3, 0.4) is 0 Å². The molecular weight excluding hydrogens is 260 g/mol. The highest BCUT2D eigenvalue weighted by molar-refractivity contribution is 6.67. The molecule has 0 aromatic carbocycles. The number of carbonyl (C=O) groups is 1. The Hall–Kier alpha value is 0.140. The quantitative estimate of drug-likeness (QED) is 0.736. The third kappa shape index (κ3) is 9.09. The topological polar surface area (TPSA) is 29.5 Å². The summed E-state index contributed by atoms with van der Waals surface area (Å²) in [5.41, 5.74) is 0. The summed E-state index contributed by atoms with van der Waals surface area (Å²) in [6.07, 6.45) is 0.446. The van der Waals surface area contributed by atoms with Crippen molar-refractivity contribution in [3.63, 3.8) is 0 Å². The second-order valence-electron chi connectivity index (χ2n) is 3.77. The molecule has 15 heavy (non-hydrogen) atoms. The molecule has 0 saturated carbocycles. The van der Waals surface area contributed by atoms with Crippen LogP contribution in [0.5, 0.6) is 0 Å². The van der Waals surface area contributed by atoms with Gasteiger partial charge in [-0.25, -0.2) is 4.79 Å². The largest absolute Gasteiger partial charge is 0.445 e. The van der Waals surface area contributed by atoms with Gasteiger partial charge in [0.2, 0.25) is 3.79 Å². The zero-order valence-corrected chi connectivity index (χ0v) is 11.4. The molecular formula is C9H16Cl3NO2. The fourth-order valence-corrected chi connectivity index (χ4v) is 0.961. The second kappa shape index (κ2) is 6.66. The van der Waals surface area contributed by atoms with Crippen LogP contribution in [0.15, 0.2) is 0 Å². The Balaban J connectivity index is 3.80. The van der Waals surface area contributed by atoms with Gasteiger partial charge in [0.25, 0.3) is 0 Å². The number of amides is 1. The van der Waals surface area contributed by atoms with E-state index in [1.165, 1.54) is 4.90 Å². The van der Waals surface area contributed by atoms with Gasteiger partial charge in [0.15, 0.2) is 0 Å². The monoisotopic (exact) mass is 275 g/mol. The number of alkyl halides is 3. The average Bonchev–Trinajstić information content (AvgIpc) is 2.08. The lowest BCUT2D eigenvalue weighted by Crippen LogP contribution is -2.31. The summed E-state index contributed by atoms with van der Waals surface area (Å²) >= 11 is 16.3. The van der Waals surface area contributed by atoms with E-state index in [9.17, 15) is 4.79 Å². The molecule has 0 fully saturated rings. The van der Waals surface area contributed by atoms with Crippen molar-refractivity contribution in [1.82, 2.24) is 4.90 Å². The van der Waals surface area contributed by atoms with Crippen LogP contribution >= 0.6 is 34.8 Å². The van der Waals surface area contributed by atoms with Gasteiger partial charge in [0, 0.05) is 13.6 Å². The Morgan fingerprint density at radius 1 is 1.40 bits per heavy atom. The maximum Gasteiger partial charge on any atom is 0.409 e. The van der Waals surface area contributed by atoms with E-state index in [2.05, 4.69) is 13.8 Å². The number of ether oxygens (including phenoxy) is 1. The van der Waals surface area contributed by atoms with E-state index >= 15 is 0 Å². The Kier molecular flexibility index (Phi) is 6.73. The first-order chi connectivity index (χ1) is 6.72. The SMILES string of the molecule is CC(C)CCN(C)C(=O)OCC(Cl)(Cl)Cl. The molecule has 0 saturated heterocycles. The molecule has 0 atom stereocenters. The summed E-state index contributed by atoms with van der Waals surface area (Å²) in [5, 5.41) is 0. The summed E-state index contributed by atoms with van der Waals surface area (Å²) < 4.78 is 3.24. The summed E-state index contributed by atoms with van der Waals surface area (Å²) in [4.78, 5) is 12.8. The van der Waals surface area contributed by atoms with Crippen molar-refractivity contribution in [2.45, 2.75) is 24.1 Å². The lowest BCUT2D eigenvalue weighted by Gasteiger charge is -2.19. The van der Waals surface area contributed by atoms with Gasteiger partial charge in [-0.1, -0.05) is 48.7 Å². The van der Waals surface area contributed by atoms with Crippen molar-refractivity contribution in [1.29, 1.82) is 0 Å². The number of halogens is 3. The summed E-state index contributed by atoms with van der Waals surface area (Å²) in [5.74, 6) is 0.536. The molecule has 1 amide bonds. The first-order valence-corrected chi connectivity index (χ1v) is 5.80. The summed E-state index contributed by atoms with van der Waals surface area (Å²) in [6, 6.07) is 0. The molecule has 0 spiro atoms. The van der Waals surface area contributed by atoms with E-state index in [1.807, 2.05) is 0 Å². The Labute approximate surface area is 106 Å². The van der Waals surface area contributed by atoms with Crippen LogP contribution < -0.4 is 0 Å². The fourth-order valence-electron chi connectivity index (χ4n) is 0.797. The molecule has 0 aliphatic heterocycles. The maximum atomic E-state index is 11.3. The van der Waals surface area contributed by atoms with Crippen LogP contribution in [0, 0.1) is 5.92 Å². The standard InChI is InChI=1S/C9H16Cl3NO2/c1-7(2)4-5-13(3)8(14)15-6-9(10,11)12/h7H,4-6H2,1-3H3. The van der Waals surface area contributed by atoms with Gasteiger partial charge in [-0.05, 0) is 12.3 Å². The second-order valence-corrected chi connectivity index (χ2v) is 6.29. The molecule has 0 aliphatic carbocycles. The van der Waals surface area contributed by atoms with E-state index < -0.39 is 9.89 Å². The molecule has 0 heterocycles. The Bertz CT molecular complexity index is 204. The van der Waals surface area contributed by atoms with Crippen LogP contribution in [0.25, 0.3) is 0 Å². The molecule has 0 rings (SSSR count). The minimum Gasteiger partial charge on any atom is -0.445 e. The van der Waals surface area contributed by atoms with Crippen LogP contribution in [0.1, 0.15) is 20.3 Å². The predicted molar refractivity (Wildman–Crippen MR) is 63.7 cm³/mol. The van der Waals surface area contributed by atoms with Gasteiger partial charge in [0.05, 0.1) is 0 Å². The van der Waals surface area contributed by atoms with Gasteiger partial charge in [-0.3, -0.25) is 0 Å². The first-order valence-electron chi connectivity index (χ1n) is 4.67. The molecule has 90 valence electrons. The van der Waals surface area contributed by atoms with E-state index in [0.29, 0.717) is 12.5 Å². The zero-order chi connectivity index (χ0) is 12.1. The summed E-state index contributed by atoms with van der Waals surface area (Å²) in [6.45, 7) is 4.57. The molecule has 0 aliphatic rings. The Morgan fingerprint density at radius 3 is 2.33 bits per heavy atom. The smallest absolute Gasteiger partial charge is 0.409 e. The lowest BCUT2D eigenvalue weighted by molar-refractivity contribution is 0.111. The number of hydrogen-bond donors (Lipinski definition) is 0. The summed E-state index contributed by atoms with van der Waals surface area (Å²) in [7, 11) is 1.66. The normalized spacial score (nSPS) is 11.7. The first kappa shape index (κ1) is 15.1. The molecule has 6 heteroatoms. The van der Waals surface area contributed by atoms with Crippen molar-refractivity contribution in [2.75, 3.05) is 20.2 Å². The number of carbonyl (C=O) groups excluding carboxylic acids is 1. The van der Waals surface area contributed by atoms with Gasteiger partial charge in [-0.15, -0.1) is 0 Å². The van der Waals surface area contributed by atoms with Gasteiger partial charge in [-0.2, -0.15) is 0 Å². The molecule has 0 radical (unpaired) electrons. The number of nitrogens with zero attached hydrogens (tertiary/aromatic N) is 1. The molecule has 0 aromatic heterocycles. The van der Waals surface area contributed by atoms with E-state index in [4.69, 9.17) is 39.5 Å². The highest BCUT2D eigenvalue weighted by Gasteiger charge is 2.23. The fraction of sp³-hybridized carbons (Fsp3) is 0.889. The minimum absolute atomic E-state index is 0.234. The van der Waals surface area contributed by atoms with Gasteiger partial charge >= 0.3 is 6.09 Å². The lowest BCUT2D eigenvalue weighted by atomic mass is 10.1. The average molecular weight is 277 g/mol. The molecule has 0 N–H and O–H groups in total. The van der Waals surface area contributed by atoms with Crippen molar-refractivity contribution in [2.24, 2.45) is 5.92 Å². The molecule has 0 bridgehead atoms. The van der Waals surface area contributed by atoms with Crippen LogP contribution in [-0.4, -0.2) is 35.0 Å². The van der Waals surface area contributed by atoms with Crippen LogP contribution in [0.2, 0.25) is 0 Å². The molecule has 0 aromatic rings. The van der Waals surface area contributed by atoms with E-state index in [0.717, 1.165) is 6.42 Å². The molecule has 3 nitrogen and oxygen atoms in total. The van der Waals surface area contributed by atoms with Crippen LogP contribution in [-0.2, 0) is 4.74 Å². The number of rotatable bonds is 4. The zero-order valence-electron chi connectivity index (χ0n) is 9.10. The van der Waals surface area contributed by atoms with Crippen molar-refractivity contribution in [3.05, 3.63) is 0 Å². The third-order valence-electron chi connectivity index (χ3n) is 1.71. The highest BCUT2D eigenvalue weighted by Crippen LogP contribution is 2.26.